The molecule has 1 amide bonds. The fraction of sp³-hybridized carbons (Fsp3) is 0.692. The number of rotatable bonds is 4. The monoisotopic (exact) mass is 672 g/mol. The standard InChI is InChI=1S/C39H52N4O4S/c1-24-5-10-32(48-24)31-22-30(40-43(31)27-8-6-25(7-9-27)35(46)42-19-17-41(4)18-20-42)29-13-16-39-37(29,3)34(45)23-33-36(2)14-12-28(44)21-26(36)11-15-38(33,39)47-39/h5-10,26,28-29,31,33-34,44-45H,11-23H2,1-4H3/t26?,28-,29?,31?,33?,34+,36-,37-,38?,39+/m0/s1. The third kappa shape index (κ3) is 4.26. The Balaban J connectivity index is 1.02. The molecule has 2 saturated heterocycles. The van der Waals surface area contributed by atoms with Crippen LogP contribution in [0.15, 0.2) is 41.5 Å². The van der Waals surface area contributed by atoms with E-state index in [4.69, 9.17) is 9.84 Å². The smallest absolute Gasteiger partial charge is 0.253 e. The van der Waals surface area contributed by atoms with Crippen LogP contribution in [0.4, 0.5) is 5.69 Å². The number of carbonyl (C=O) groups excluding carboxylic acids is 1. The first-order chi connectivity index (χ1) is 23.0. The van der Waals surface area contributed by atoms with Gasteiger partial charge in [0.1, 0.15) is 11.2 Å². The number of carbonyl (C=O) groups is 1. The maximum absolute atomic E-state index is 13.3. The van der Waals surface area contributed by atoms with E-state index in [2.05, 4.69) is 62.0 Å². The molecule has 7 aliphatic rings. The summed E-state index contributed by atoms with van der Waals surface area (Å²) in [6, 6.07) is 12.6. The average molecular weight is 673 g/mol. The van der Waals surface area contributed by atoms with E-state index in [1.807, 2.05) is 28.4 Å². The number of ether oxygens (including phenoxy) is 1. The van der Waals surface area contributed by atoms with Crippen molar-refractivity contribution in [3.63, 3.8) is 0 Å². The van der Waals surface area contributed by atoms with Crippen LogP contribution in [0, 0.1) is 35.5 Å². The molecule has 0 radical (unpaired) electrons. The van der Waals surface area contributed by atoms with Gasteiger partial charge in [0.25, 0.3) is 5.91 Å². The molecule has 1 aromatic carbocycles. The van der Waals surface area contributed by atoms with Gasteiger partial charge in [0.05, 0.1) is 23.9 Å². The largest absolute Gasteiger partial charge is 0.393 e. The number of fused-ring (bicyclic) bond motifs is 2. The second-order valence-corrected chi connectivity index (χ2v) is 18.2. The van der Waals surface area contributed by atoms with Crippen molar-refractivity contribution in [1.29, 1.82) is 0 Å². The Bertz CT molecular complexity index is 1640. The van der Waals surface area contributed by atoms with Gasteiger partial charge in [-0.2, -0.15) is 5.10 Å². The van der Waals surface area contributed by atoms with Gasteiger partial charge in [0.2, 0.25) is 0 Å². The fourth-order valence-corrected chi connectivity index (χ4v) is 13.0. The number of epoxide rings is 1. The average Bonchev–Trinajstić information content (AvgIpc) is 3.38. The Morgan fingerprint density at radius 1 is 0.958 bits per heavy atom. The zero-order valence-corrected chi connectivity index (χ0v) is 29.8. The normalized spacial score (nSPS) is 43.7. The van der Waals surface area contributed by atoms with Gasteiger partial charge in [0, 0.05) is 65.0 Å². The molecule has 4 saturated carbocycles. The second-order valence-electron chi connectivity index (χ2n) is 16.9. The molecule has 2 spiro atoms. The summed E-state index contributed by atoms with van der Waals surface area (Å²) in [7, 11) is 2.11. The number of aryl methyl sites for hydroxylation is 1. The van der Waals surface area contributed by atoms with E-state index in [0.717, 1.165) is 95.2 Å². The third-order valence-corrected chi connectivity index (χ3v) is 16.0. The molecule has 3 aliphatic heterocycles. The molecule has 9 rings (SSSR count). The lowest BCUT2D eigenvalue weighted by Crippen LogP contribution is -2.63. The van der Waals surface area contributed by atoms with Gasteiger partial charge in [-0.25, -0.2) is 0 Å². The molecule has 5 unspecified atom stereocenters. The summed E-state index contributed by atoms with van der Waals surface area (Å²) >= 11 is 1.84. The number of aliphatic hydroxyl groups excluding tert-OH is 2. The number of hydrogen-bond donors (Lipinski definition) is 2. The molecular weight excluding hydrogens is 621 g/mol. The van der Waals surface area contributed by atoms with Crippen molar-refractivity contribution in [2.24, 2.45) is 33.7 Å². The van der Waals surface area contributed by atoms with E-state index >= 15 is 0 Å². The highest BCUT2D eigenvalue weighted by molar-refractivity contribution is 7.12. The molecule has 4 aliphatic carbocycles. The summed E-state index contributed by atoms with van der Waals surface area (Å²) in [6.07, 6.45) is 7.91. The highest BCUT2D eigenvalue weighted by Crippen LogP contribution is 2.81. The van der Waals surface area contributed by atoms with Crippen LogP contribution in [-0.2, 0) is 4.74 Å². The summed E-state index contributed by atoms with van der Waals surface area (Å²) in [5.74, 6) is 1.11. The molecule has 8 nitrogen and oxygen atoms in total. The lowest BCUT2D eigenvalue weighted by atomic mass is 9.44. The van der Waals surface area contributed by atoms with Crippen LogP contribution in [0.3, 0.4) is 0 Å². The molecular formula is C39H52N4O4S. The highest BCUT2D eigenvalue weighted by atomic mass is 32.1. The minimum absolute atomic E-state index is 0.0867. The van der Waals surface area contributed by atoms with Crippen LogP contribution in [-0.4, -0.2) is 88.3 Å². The maximum atomic E-state index is 13.3. The lowest BCUT2D eigenvalue weighted by Gasteiger charge is -2.59. The van der Waals surface area contributed by atoms with Crippen LogP contribution in [0.25, 0.3) is 0 Å². The molecule has 2 N–H and O–H groups in total. The molecule has 2 aromatic rings. The van der Waals surface area contributed by atoms with Crippen molar-refractivity contribution >= 4 is 28.6 Å². The van der Waals surface area contributed by atoms with Crippen LogP contribution < -0.4 is 5.01 Å². The van der Waals surface area contributed by atoms with Gasteiger partial charge in [-0.05, 0) is 119 Å². The number of likely N-dealkylation sites (N-methyl/N-ethyl adjacent to an activating group) is 1. The predicted molar refractivity (Wildman–Crippen MR) is 188 cm³/mol. The molecule has 6 fully saturated rings. The number of amides is 1. The Morgan fingerprint density at radius 3 is 2.46 bits per heavy atom. The van der Waals surface area contributed by atoms with E-state index in [1.165, 1.54) is 15.5 Å². The van der Waals surface area contributed by atoms with Crippen molar-refractivity contribution in [2.45, 2.75) is 108 Å². The topological polar surface area (TPSA) is 92.1 Å². The molecule has 9 heteroatoms. The van der Waals surface area contributed by atoms with E-state index in [1.54, 1.807) is 0 Å². The van der Waals surface area contributed by atoms with Gasteiger partial charge < -0.3 is 24.7 Å². The minimum atomic E-state index is -0.452. The first kappa shape index (κ1) is 31.7. The molecule has 4 heterocycles. The minimum Gasteiger partial charge on any atom is -0.393 e. The molecule has 10 atom stereocenters. The molecule has 0 bridgehead atoms. The van der Waals surface area contributed by atoms with Crippen molar-refractivity contribution in [3.8, 4) is 0 Å². The van der Waals surface area contributed by atoms with Crippen molar-refractivity contribution in [2.75, 3.05) is 38.2 Å². The Kier molecular flexibility index (Phi) is 7.16. The van der Waals surface area contributed by atoms with Crippen LogP contribution in [0.5, 0.6) is 0 Å². The third-order valence-electron chi connectivity index (χ3n) is 14.9. The van der Waals surface area contributed by atoms with Gasteiger partial charge in [0.15, 0.2) is 0 Å². The zero-order valence-electron chi connectivity index (χ0n) is 29.0. The summed E-state index contributed by atoms with van der Waals surface area (Å²) in [5.41, 5.74) is 2.20. The number of hydrazone groups is 1. The maximum Gasteiger partial charge on any atom is 0.253 e. The van der Waals surface area contributed by atoms with Gasteiger partial charge in [-0.1, -0.05) is 13.8 Å². The van der Waals surface area contributed by atoms with Crippen molar-refractivity contribution < 1.29 is 19.7 Å². The Hall–Kier alpha value is -2.30. The Labute approximate surface area is 289 Å². The number of hydrogen-bond acceptors (Lipinski definition) is 8. The second kappa shape index (κ2) is 10.8. The number of nitrogens with zero attached hydrogens (tertiary/aromatic N) is 4. The SMILES string of the molecule is Cc1ccc(C2CC(C3CC[C@]45OC46CCC4C[C@@H](O)CC[C@]4(C)C6C[C@@H](O)[C@]35C)=NN2c2ccc(C(=O)N3CCN(C)CC3)cc2)s1. The lowest BCUT2D eigenvalue weighted by molar-refractivity contribution is -0.127. The van der Waals surface area contributed by atoms with E-state index in [9.17, 15) is 15.0 Å². The van der Waals surface area contributed by atoms with E-state index < -0.39 is 6.10 Å². The van der Waals surface area contributed by atoms with E-state index in [-0.39, 0.29) is 46.0 Å². The number of thiophene rings is 1. The van der Waals surface area contributed by atoms with Gasteiger partial charge >= 0.3 is 0 Å². The van der Waals surface area contributed by atoms with Crippen LogP contribution in [0.1, 0.15) is 97.8 Å². The molecule has 48 heavy (non-hydrogen) atoms. The Morgan fingerprint density at radius 2 is 1.73 bits per heavy atom. The number of benzene rings is 1. The summed E-state index contributed by atoms with van der Waals surface area (Å²) in [5, 5.41) is 30.5. The quantitative estimate of drug-likeness (QED) is 0.387. The molecule has 258 valence electrons. The summed E-state index contributed by atoms with van der Waals surface area (Å²) in [6.45, 7) is 10.3. The van der Waals surface area contributed by atoms with Crippen molar-refractivity contribution in [1.82, 2.24) is 9.80 Å². The first-order valence-corrected chi connectivity index (χ1v) is 19.4. The van der Waals surface area contributed by atoms with E-state index in [0.29, 0.717) is 11.8 Å². The summed E-state index contributed by atoms with van der Waals surface area (Å²) in [4.78, 5) is 20.1. The molecule has 1 aromatic heterocycles. The fourth-order valence-electron chi connectivity index (χ4n) is 12.0. The number of aliphatic hydroxyl groups is 2. The van der Waals surface area contributed by atoms with Crippen molar-refractivity contribution in [3.05, 3.63) is 51.7 Å². The number of anilines is 1. The van der Waals surface area contributed by atoms with Crippen LogP contribution in [0.2, 0.25) is 0 Å². The first-order valence-electron chi connectivity index (χ1n) is 18.6. The summed E-state index contributed by atoms with van der Waals surface area (Å²) < 4.78 is 7.18. The predicted octanol–water partition coefficient (Wildman–Crippen LogP) is 6.02. The van der Waals surface area contributed by atoms with Gasteiger partial charge in [-0.15, -0.1) is 11.3 Å². The highest BCUT2D eigenvalue weighted by Gasteiger charge is 2.88. The number of piperazine rings is 1. The van der Waals surface area contributed by atoms with Crippen LogP contribution >= 0.6 is 11.3 Å². The zero-order chi connectivity index (χ0) is 33.2. The van der Waals surface area contributed by atoms with Gasteiger partial charge in [-0.3, -0.25) is 9.80 Å².